The highest BCUT2D eigenvalue weighted by atomic mass is 19.4. The Morgan fingerprint density at radius 2 is 1.65 bits per heavy atom. The lowest BCUT2D eigenvalue weighted by atomic mass is 9.85. The minimum atomic E-state index is -4.74. The van der Waals surface area contributed by atoms with E-state index in [1.165, 1.54) is 12.1 Å². The van der Waals surface area contributed by atoms with E-state index in [4.69, 9.17) is 0 Å². The van der Waals surface area contributed by atoms with Crippen molar-refractivity contribution in [3.63, 3.8) is 0 Å². The van der Waals surface area contributed by atoms with Crippen molar-refractivity contribution in [1.29, 1.82) is 0 Å². The fraction of sp³-hybridized carbons (Fsp3) is 0.174. The van der Waals surface area contributed by atoms with Gasteiger partial charge in [0.1, 0.15) is 5.76 Å². The molecule has 172 valence electrons. The smallest absolute Gasteiger partial charge is 0.416 e. The van der Waals surface area contributed by atoms with Gasteiger partial charge in [-0.2, -0.15) is 13.2 Å². The van der Waals surface area contributed by atoms with Crippen LogP contribution in [0.1, 0.15) is 21.5 Å². The van der Waals surface area contributed by atoms with Crippen LogP contribution in [0.2, 0.25) is 0 Å². The number of carboxylic acid groups (broad SMARTS) is 1. The van der Waals surface area contributed by atoms with Gasteiger partial charge < -0.3 is 10.2 Å². The Kier molecular flexibility index (Phi) is 4.51. The van der Waals surface area contributed by atoms with Crippen LogP contribution in [-0.4, -0.2) is 45.5 Å². The molecule has 0 bridgehead atoms. The van der Waals surface area contributed by atoms with E-state index in [-0.39, 0.29) is 22.5 Å². The van der Waals surface area contributed by atoms with Gasteiger partial charge in [0.2, 0.25) is 11.8 Å². The molecule has 0 spiro atoms. The minimum Gasteiger partial charge on any atom is -0.506 e. The third-order valence-corrected chi connectivity index (χ3v) is 6.10. The normalized spacial score (nSPS) is 24.0. The van der Waals surface area contributed by atoms with Gasteiger partial charge in [0.15, 0.2) is 11.8 Å². The van der Waals surface area contributed by atoms with Crippen molar-refractivity contribution >= 4 is 40.7 Å². The van der Waals surface area contributed by atoms with Crippen molar-refractivity contribution in [3.05, 3.63) is 70.8 Å². The first-order valence-corrected chi connectivity index (χ1v) is 9.95. The molecule has 11 heteroatoms. The summed E-state index contributed by atoms with van der Waals surface area (Å²) in [5.41, 5.74) is -1.99. The highest BCUT2D eigenvalue weighted by Gasteiger charge is 2.61. The maximum Gasteiger partial charge on any atom is 0.416 e. The molecule has 3 atom stereocenters. The molecule has 2 heterocycles. The molecule has 1 fully saturated rings. The second kappa shape index (κ2) is 7.11. The SMILES string of the molecule is O=C1C(C2=N[C@H](C(=O)O)[C@@H]3C(=O)N(c4cccc(C(F)(F)F)c4)C(=O)[C@@H]23)=C(O)c2ccccc21. The number of benzene rings is 2. The number of carboxylic acids is 1. The summed E-state index contributed by atoms with van der Waals surface area (Å²) >= 11 is 0. The van der Waals surface area contributed by atoms with Gasteiger partial charge in [-0.15, -0.1) is 0 Å². The Bertz CT molecular complexity index is 1380. The van der Waals surface area contributed by atoms with E-state index in [1.54, 1.807) is 12.1 Å². The number of Topliss-reactive ketones (excluding diaryl/α,β-unsaturated/α-hetero) is 1. The van der Waals surface area contributed by atoms with Gasteiger partial charge in [-0.05, 0) is 18.2 Å². The van der Waals surface area contributed by atoms with Crippen LogP contribution in [0.15, 0.2) is 59.1 Å². The van der Waals surface area contributed by atoms with Gasteiger partial charge >= 0.3 is 12.1 Å². The Labute approximate surface area is 188 Å². The predicted octanol–water partition coefficient (Wildman–Crippen LogP) is 2.88. The number of aliphatic hydroxyl groups is 1. The number of aliphatic carboxylic acids is 1. The van der Waals surface area contributed by atoms with Crippen LogP contribution in [-0.2, 0) is 20.6 Å². The van der Waals surface area contributed by atoms with Crippen molar-refractivity contribution in [2.24, 2.45) is 16.8 Å². The first kappa shape index (κ1) is 21.6. The summed E-state index contributed by atoms with van der Waals surface area (Å²) in [6.07, 6.45) is -4.74. The second-order valence-corrected chi connectivity index (χ2v) is 7.96. The molecular weight excluding hydrogens is 457 g/mol. The van der Waals surface area contributed by atoms with Crippen molar-refractivity contribution in [2.75, 3.05) is 4.90 Å². The van der Waals surface area contributed by atoms with Gasteiger partial charge in [0.05, 0.1) is 34.4 Å². The number of nitrogens with zero attached hydrogens (tertiary/aromatic N) is 2. The van der Waals surface area contributed by atoms with E-state index in [2.05, 4.69) is 4.99 Å². The predicted molar refractivity (Wildman–Crippen MR) is 110 cm³/mol. The van der Waals surface area contributed by atoms with Crippen LogP contribution in [0.3, 0.4) is 0 Å². The standard InChI is InChI=1S/C23H13F3N2O6/c24-23(25,26)9-4-3-5-10(8-9)28-20(31)13-14(21(28)32)17(22(33)34)27-16(13)15-18(29)11-6-1-2-7-12(11)19(15)30/h1-8,13-14,17,29H,(H,33,34)/t13-,14-,17+/m1/s1. The van der Waals surface area contributed by atoms with E-state index >= 15 is 0 Å². The number of anilines is 1. The number of rotatable bonds is 3. The molecule has 0 aromatic heterocycles. The third-order valence-electron chi connectivity index (χ3n) is 6.10. The quantitative estimate of drug-likeness (QED) is 0.665. The summed E-state index contributed by atoms with van der Waals surface area (Å²) in [7, 11) is 0. The van der Waals surface area contributed by atoms with Gasteiger partial charge in [-0.25, -0.2) is 9.69 Å². The van der Waals surface area contributed by atoms with E-state index in [1.807, 2.05) is 0 Å². The summed E-state index contributed by atoms with van der Waals surface area (Å²) in [5, 5.41) is 20.3. The maximum absolute atomic E-state index is 13.3. The number of alkyl halides is 3. The molecule has 1 saturated heterocycles. The summed E-state index contributed by atoms with van der Waals surface area (Å²) in [6, 6.07) is 7.73. The van der Waals surface area contributed by atoms with Crippen molar-refractivity contribution < 1.29 is 42.6 Å². The number of aliphatic hydroxyl groups excluding tert-OH is 1. The summed E-state index contributed by atoms with van der Waals surface area (Å²) in [5.74, 6) is -7.98. The fourth-order valence-electron chi connectivity index (χ4n) is 4.61. The number of hydrogen-bond donors (Lipinski definition) is 2. The number of halogens is 3. The van der Waals surface area contributed by atoms with E-state index in [0.717, 1.165) is 18.2 Å². The monoisotopic (exact) mass is 470 g/mol. The van der Waals surface area contributed by atoms with Crippen LogP contribution in [0.5, 0.6) is 0 Å². The molecular formula is C23H13F3N2O6. The van der Waals surface area contributed by atoms with E-state index in [9.17, 15) is 42.6 Å². The molecule has 1 aliphatic carbocycles. The largest absolute Gasteiger partial charge is 0.506 e. The highest BCUT2D eigenvalue weighted by molar-refractivity contribution is 6.42. The zero-order valence-electron chi connectivity index (χ0n) is 16.9. The number of carbonyl (C=O) groups excluding carboxylic acids is 3. The van der Waals surface area contributed by atoms with Crippen LogP contribution in [0.25, 0.3) is 5.76 Å². The van der Waals surface area contributed by atoms with Crippen molar-refractivity contribution in [3.8, 4) is 0 Å². The molecule has 5 rings (SSSR count). The average molecular weight is 470 g/mol. The third kappa shape index (κ3) is 2.89. The Morgan fingerprint density at radius 3 is 2.26 bits per heavy atom. The zero-order chi connectivity index (χ0) is 24.5. The summed E-state index contributed by atoms with van der Waals surface area (Å²) in [4.78, 5) is 55.7. The van der Waals surface area contributed by atoms with Crippen molar-refractivity contribution in [1.82, 2.24) is 0 Å². The van der Waals surface area contributed by atoms with Crippen LogP contribution in [0, 0.1) is 11.8 Å². The first-order chi connectivity index (χ1) is 16.0. The van der Waals surface area contributed by atoms with Crippen LogP contribution in [0.4, 0.5) is 18.9 Å². The lowest BCUT2D eigenvalue weighted by molar-refractivity contribution is -0.141. The maximum atomic E-state index is 13.3. The topological polar surface area (TPSA) is 124 Å². The summed E-state index contributed by atoms with van der Waals surface area (Å²) in [6.45, 7) is 0. The fourth-order valence-corrected chi connectivity index (χ4v) is 4.61. The number of fused-ring (bicyclic) bond motifs is 2. The van der Waals surface area contributed by atoms with E-state index < -0.39 is 64.5 Å². The van der Waals surface area contributed by atoms with Gasteiger partial charge in [0.25, 0.3) is 0 Å². The number of aliphatic imine (C=N–C) groups is 1. The van der Waals surface area contributed by atoms with Gasteiger partial charge in [-0.1, -0.05) is 30.3 Å². The molecule has 0 saturated carbocycles. The zero-order valence-corrected chi connectivity index (χ0v) is 16.9. The minimum absolute atomic E-state index is 0.111. The molecule has 3 aliphatic rings. The molecule has 0 radical (unpaired) electrons. The highest BCUT2D eigenvalue weighted by Crippen LogP contribution is 2.44. The lowest BCUT2D eigenvalue weighted by Crippen LogP contribution is -2.36. The number of allylic oxidation sites excluding steroid dienone is 1. The molecule has 0 unspecified atom stereocenters. The first-order valence-electron chi connectivity index (χ1n) is 9.95. The lowest BCUT2D eigenvalue weighted by Gasteiger charge is -2.18. The molecule has 2 N–H and O–H groups in total. The molecule has 2 amide bonds. The number of hydrogen-bond acceptors (Lipinski definition) is 6. The molecule has 34 heavy (non-hydrogen) atoms. The Morgan fingerprint density at radius 1 is 0.971 bits per heavy atom. The molecule has 2 aromatic rings. The molecule has 8 nitrogen and oxygen atoms in total. The second-order valence-electron chi connectivity index (χ2n) is 7.96. The van der Waals surface area contributed by atoms with E-state index in [0.29, 0.717) is 11.0 Å². The average Bonchev–Trinajstić information content (AvgIpc) is 3.38. The van der Waals surface area contributed by atoms with Gasteiger partial charge in [0, 0.05) is 11.1 Å². The van der Waals surface area contributed by atoms with Gasteiger partial charge in [-0.3, -0.25) is 19.4 Å². The number of amides is 2. The van der Waals surface area contributed by atoms with Crippen molar-refractivity contribution in [2.45, 2.75) is 12.2 Å². The Balaban J connectivity index is 1.62. The Hall–Kier alpha value is -4.28. The molecule has 2 aromatic carbocycles. The number of imide groups is 1. The van der Waals surface area contributed by atoms with Crippen LogP contribution < -0.4 is 4.90 Å². The molecule has 2 aliphatic heterocycles. The number of carbonyl (C=O) groups is 4. The number of ketones is 1. The van der Waals surface area contributed by atoms with Crippen LogP contribution >= 0.6 is 0 Å². The summed E-state index contributed by atoms with van der Waals surface area (Å²) < 4.78 is 39.5.